The lowest BCUT2D eigenvalue weighted by atomic mass is 10.2. The lowest BCUT2D eigenvalue weighted by Crippen LogP contribution is -2.13. The maximum absolute atomic E-state index is 11.9. The number of nitro benzene ring substituents is 1. The zero-order valence-corrected chi connectivity index (χ0v) is 10.8. The number of benzene rings is 1. The Kier molecular flexibility index (Phi) is 3.38. The van der Waals surface area contributed by atoms with Gasteiger partial charge in [0.1, 0.15) is 5.75 Å². The Labute approximate surface area is 113 Å². The molecule has 8 nitrogen and oxygen atoms in total. The molecule has 0 fully saturated rings. The minimum Gasteiger partial charge on any atom is -0.506 e. The molecule has 0 saturated heterocycles. The molecule has 8 heteroatoms. The normalized spacial score (nSPS) is 10.3. The van der Waals surface area contributed by atoms with E-state index < -0.39 is 10.8 Å². The Morgan fingerprint density at radius 2 is 2.15 bits per heavy atom. The van der Waals surface area contributed by atoms with Gasteiger partial charge in [-0.15, -0.1) is 0 Å². The first-order valence-corrected chi connectivity index (χ1v) is 5.68. The van der Waals surface area contributed by atoms with E-state index in [2.05, 4.69) is 10.4 Å². The summed E-state index contributed by atoms with van der Waals surface area (Å²) in [4.78, 5) is 22.0. The smallest absolute Gasteiger partial charge is 0.276 e. The third-order valence-corrected chi connectivity index (χ3v) is 2.79. The lowest BCUT2D eigenvalue weighted by Gasteiger charge is -2.05. The fraction of sp³-hybridized carbons (Fsp3) is 0.167. The van der Waals surface area contributed by atoms with Crippen LogP contribution in [-0.2, 0) is 7.05 Å². The molecular weight excluding hydrogens is 264 g/mol. The summed E-state index contributed by atoms with van der Waals surface area (Å²) in [5.74, 6) is -0.805. The fourth-order valence-electron chi connectivity index (χ4n) is 1.60. The number of phenolic OH excluding ortho intramolecular Hbond substituents is 1. The number of anilines is 1. The topological polar surface area (TPSA) is 110 Å². The average molecular weight is 276 g/mol. The molecule has 0 saturated carbocycles. The first kappa shape index (κ1) is 13.5. The fourth-order valence-corrected chi connectivity index (χ4v) is 1.60. The van der Waals surface area contributed by atoms with Crippen LogP contribution in [0.5, 0.6) is 5.75 Å². The van der Waals surface area contributed by atoms with Gasteiger partial charge < -0.3 is 10.4 Å². The van der Waals surface area contributed by atoms with Crippen molar-refractivity contribution in [3.63, 3.8) is 0 Å². The van der Waals surface area contributed by atoms with Gasteiger partial charge in [-0.05, 0) is 19.1 Å². The number of phenols is 1. The van der Waals surface area contributed by atoms with Crippen molar-refractivity contribution in [1.82, 2.24) is 9.78 Å². The van der Waals surface area contributed by atoms with Crippen molar-refractivity contribution in [1.29, 1.82) is 0 Å². The van der Waals surface area contributed by atoms with E-state index in [9.17, 15) is 20.0 Å². The van der Waals surface area contributed by atoms with Crippen LogP contribution >= 0.6 is 0 Å². The van der Waals surface area contributed by atoms with E-state index in [4.69, 9.17) is 0 Å². The SMILES string of the molecule is Cc1cc(C(=O)Nc2cc([N+](=O)[O-])ccc2O)nn1C. The van der Waals surface area contributed by atoms with E-state index in [0.29, 0.717) is 0 Å². The Balaban J connectivity index is 2.27. The van der Waals surface area contributed by atoms with Gasteiger partial charge in [0.15, 0.2) is 5.69 Å². The summed E-state index contributed by atoms with van der Waals surface area (Å²) in [6, 6.07) is 4.96. The summed E-state index contributed by atoms with van der Waals surface area (Å²) in [6.45, 7) is 1.79. The summed E-state index contributed by atoms with van der Waals surface area (Å²) in [5, 5.41) is 26.6. The van der Waals surface area contributed by atoms with Gasteiger partial charge in [-0.3, -0.25) is 19.6 Å². The Morgan fingerprint density at radius 1 is 1.45 bits per heavy atom. The third kappa shape index (κ3) is 2.58. The Bertz CT molecular complexity index is 673. The molecule has 2 aromatic rings. The number of aryl methyl sites for hydroxylation is 2. The van der Waals surface area contributed by atoms with Crippen molar-refractivity contribution in [2.45, 2.75) is 6.92 Å². The summed E-state index contributed by atoms with van der Waals surface area (Å²) >= 11 is 0. The van der Waals surface area contributed by atoms with Gasteiger partial charge in [0.05, 0.1) is 10.6 Å². The van der Waals surface area contributed by atoms with E-state index in [1.54, 1.807) is 20.0 Å². The van der Waals surface area contributed by atoms with Crippen molar-refractivity contribution in [3.05, 3.63) is 45.8 Å². The number of hydrogen-bond donors (Lipinski definition) is 2. The number of nitro groups is 1. The second-order valence-electron chi connectivity index (χ2n) is 4.21. The van der Waals surface area contributed by atoms with E-state index in [1.807, 2.05) is 0 Å². The first-order chi connectivity index (χ1) is 9.38. The highest BCUT2D eigenvalue weighted by Crippen LogP contribution is 2.28. The van der Waals surface area contributed by atoms with Crippen LogP contribution in [-0.4, -0.2) is 25.7 Å². The molecule has 0 radical (unpaired) electrons. The predicted molar refractivity (Wildman–Crippen MR) is 70.7 cm³/mol. The van der Waals surface area contributed by atoms with Crippen molar-refractivity contribution < 1.29 is 14.8 Å². The van der Waals surface area contributed by atoms with Crippen molar-refractivity contribution in [3.8, 4) is 5.75 Å². The molecule has 2 N–H and O–H groups in total. The van der Waals surface area contributed by atoms with Crippen LogP contribution in [0.15, 0.2) is 24.3 Å². The number of rotatable bonds is 3. The standard InChI is InChI=1S/C12H12N4O4/c1-7-5-10(14-15(7)2)12(18)13-9-6-8(16(19)20)3-4-11(9)17/h3-6,17H,1-2H3,(H,13,18). The van der Waals surface area contributed by atoms with Gasteiger partial charge in [0, 0.05) is 24.9 Å². The highest BCUT2D eigenvalue weighted by molar-refractivity contribution is 6.03. The Morgan fingerprint density at radius 3 is 2.70 bits per heavy atom. The number of nitrogens with one attached hydrogen (secondary N) is 1. The highest BCUT2D eigenvalue weighted by Gasteiger charge is 2.16. The summed E-state index contributed by atoms with van der Waals surface area (Å²) in [6.07, 6.45) is 0. The average Bonchev–Trinajstić information content (AvgIpc) is 2.72. The van der Waals surface area contributed by atoms with E-state index in [0.717, 1.165) is 23.9 Å². The van der Waals surface area contributed by atoms with Crippen molar-refractivity contribution in [2.75, 3.05) is 5.32 Å². The quantitative estimate of drug-likeness (QED) is 0.502. The summed E-state index contributed by atoms with van der Waals surface area (Å²) in [5.41, 5.74) is 0.692. The van der Waals surface area contributed by atoms with Gasteiger partial charge in [0.2, 0.25) is 0 Å². The zero-order valence-electron chi connectivity index (χ0n) is 10.8. The number of amides is 1. The van der Waals surface area contributed by atoms with Gasteiger partial charge in [-0.1, -0.05) is 0 Å². The highest BCUT2D eigenvalue weighted by atomic mass is 16.6. The van der Waals surface area contributed by atoms with E-state index in [-0.39, 0.29) is 22.8 Å². The van der Waals surface area contributed by atoms with Crippen LogP contribution in [0.1, 0.15) is 16.2 Å². The lowest BCUT2D eigenvalue weighted by molar-refractivity contribution is -0.384. The molecule has 104 valence electrons. The predicted octanol–water partition coefficient (Wildman–Crippen LogP) is 1.59. The van der Waals surface area contributed by atoms with Crippen LogP contribution in [0.2, 0.25) is 0 Å². The van der Waals surface area contributed by atoms with Crippen LogP contribution in [0.25, 0.3) is 0 Å². The molecule has 1 aromatic heterocycles. The molecular formula is C12H12N4O4. The van der Waals surface area contributed by atoms with Gasteiger partial charge in [0.25, 0.3) is 11.6 Å². The van der Waals surface area contributed by atoms with Gasteiger partial charge in [-0.2, -0.15) is 5.10 Å². The number of carbonyl (C=O) groups is 1. The molecule has 20 heavy (non-hydrogen) atoms. The van der Waals surface area contributed by atoms with E-state index >= 15 is 0 Å². The molecule has 0 bridgehead atoms. The molecule has 2 rings (SSSR count). The second kappa shape index (κ2) is 5.00. The van der Waals surface area contributed by atoms with Crippen LogP contribution < -0.4 is 5.32 Å². The number of aromatic nitrogens is 2. The maximum atomic E-state index is 11.9. The molecule has 0 unspecified atom stereocenters. The summed E-state index contributed by atoms with van der Waals surface area (Å²) in [7, 11) is 1.69. The molecule has 0 aliphatic rings. The van der Waals surface area contributed by atoms with Crippen molar-refractivity contribution >= 4 is 17.3 Å². The largest absolute Gasteiger partial charge is 0.506 e. The molecule has 0 aliphatic heterocycles. The minimum absolute atomic E-state index is 0.0347. The van der Waals surface area contributed by atoms with Crippen LogP contribution in [0.3, 0.4) is 0 Å². The molecule has 0 spiro atoms. The first-order valence-electron chi connectivity index (χ1n) is 5.68. The maximum Gasteiger partial charge on any atom is 0.276 e. The molecule has 0 aliphatic carbocycles. The molecule has 1 aromatic carbocycles. The molecule has 1 heterocycles. The molecule has 0 atom stereocenters. The summed E-state index contributed by atoms with van der Waals surface area (Å²) < 4.78 is 1.53. The van der Waals surface area contributed by atoms with E-state index in [1.165, 1.54) is 4.68 Å². The zero-order chi connectivity index (χ0) is 14.9. The molecule has 1 amide bonds. The number of hydrogen-bond acceptors (Lipinski definition) is 5. The van der Waals surface area contributed by atoms with Gasteiger partial charge >= 0.3 is 0 Å². The third-order valence-electron chi connectivity index (χ3n) is 2.79. The Hall–Kier alpha value is -2.90. The van der Waals surface area contributed by atoms with Crippen molar-refractivity contribution in [2.24, 2.45) is 7.05 Å². The number of carbonyl (C=O) groups excluding carboxylic acids is 1. The number of nitrogens with zero attached hydrogens (tertiary/aromatic N) is 3. The monoisotopic (exact) mass is 276 g/mol. The van der Waals surface area contributed by atoms with Crippen LogP contribution in [0.4, 0.5) is 11.4 Å². The van der Waals surface area contributed by atoms with Crippen LogP contribution in [0, 0.1) is 17.0 Å². The number of non-ortho nitro benzene ring substituents is 1. The minimum atomic E-state index is -0.611. The van der Waals surface area contributed by atoms with Gasteiger partial charge in [-0.25, -0.2) is 0 Å². The second-order valence-corrected chi connectivity index (χ2v) is 4.21. The number of aromatic hydroxyl groups is 1.